The maximum atomic E-state index is 2.49. The SMILES string of the molecule is CC.CCCCN(C)C(C)CCC(C)C. The summed E-state index contributed by atoms with van der Waals surface area (Å²) in [5.41, 5.74) is 0. The van der Waals surface area contributed by atoms with Crippen LogP contribution in [0.1, 0.15) is 67.2 Å². The van der Waals surface area contributed by atoms with E-state index in [0.717, 1.165) is 12.0 Å². The van der Waals surface area contributed by atoms with Gasteiger partial charge in [0.15, 0.2) is 0 Å². The van der Waals surface area contributed by atoms with E-state index in [0.29, 0.717) is 0 Å². The molecule has 0 radical (unpaired) electrons. The summed E-state index contributed by atoms with van der Waals surface area (Å²) in [5, 5.41) is 0. The summed E-state index contributed by atoms with van der Waals surface area (Å²) < 4.78 is 0. The number of hydrogen-bond donors (Lipinski definition) is 0. The Morgan fingerprint density at radius 1 is 1.00 bits per heavy atom. The summed E-state index contributed by atoms with van der Waals surface area (Å²) >= 11 is 0. The average Bonchev–Trinajstić information content (AvgIpc) is 2.25. The largest absolute Gasteiger partial charge is 0.304 e. The van der Waals surface area contributed by atoms with Crippen molar-refractivity contribution < 1.29 is 0 Å². The van der Waals surface area contributed by atoms with E-state index in [1.807, 2.05) is 13.8 Å². The predicted octanol–water partition coefficient (Wildman–Crippen LogP) is 4.57. The van der Waals surface area contributed by atoms with Gasteiger partial charge in [-0.1, -0.05) is 41.0 Å². The van der Waals surface area contributed by atoms with E-state index in [-0.39, 0.29) is 0 Å². The average molecular weight is 215 g/mol. The molecule has 0 aromatic heterocycles. The standard InChI is InChI=1S/C12H27N.C2H6/c1-6-7-10-13(5)12(4)9-8-11(2)3;1-2/h11-12H,6-10H2,1-5H3;1-2H3. The molecular weight excluding hydrogens is 182 g/mol. The molecule has 0 saturated carbocycles. The smallest absolute Gasteiger partial charge is 0.00639 e. The van der Waals surface area contributed by atoms with Gasteiger partial charge in [0.05, 0.1) is 0 Å². The highest BCUT2D eigenvalue weighted by Gasteiger charge is 2.08. The quantitative estimate of drug-likeness (QED) is 0.601. The van der Waals surface area contributed by atoms with Gasteiger partial charge in [0.25, 0.3) is 0 Å². The van der Waals surface area contributed by atoms with Crippen molar-refractivity contribution in [1.29, 1.82) is 0 Å². The van der Waals surface area contributed by atoms with Crippen LogP contribution in [-0.4, -0.2) is 24.5 Å². The van der Waals surface area contributed by atoms with Crippen LogP contribution in [0.2, 0.25) is 0 Å². The van der Waals surface area contributed by atoms with E-state index in [1.54, 1.807) is 0 Å². The first-order valence-corrected chi connectivity index (χ1v) is 6.78. The van der Waals surface area contributed by atoms with Crippen molar-refractivity contribution in [2.75, 3.05) is 13.6 Å². The van der Waals surface area contributed by atoms with Crippen LogP contribution in [0.5, 0.6) is 0 Å². The molecule has 0 heterocycles. The fourth-order valence-corrected chi connectivity index (χ4v) is 1.42. The molecule has 0 spiro atoms. The molecule has 0 amide bonds. The van der Waals surface area contributed by atoms with Gasteiger partial charge >= 0.3 is 0 Å². The van der Waals surface area contributed by atoms with Crippen molar-refractivity contribution in [2.45, 2.75) is 73.3 Å². The zero-order valence-corrected chi connectivity index (χ0v) is 12.1. The van der Waals surface area contributed by atoms with Gasteiger partial charge in [-0.05, 0) is 45.7 Å². The Hall–Kier alpha value is -0.0400. The molecule has 0 rings (SSSR count). The third-order valence-corrected chi connectivity index (χ3v) is 2.78. The Morgan fingerprint density at radius 3 is 1.93 bits per heavy atom. The highest BCUT2D eigenvalue weighted by atomic mass is 15.1. The molecular formula is C14H33N. The summed E-state index contributed by atoms with van der Waals surface area (Å²) in [6.45, 7) is 14.5. The molecule has 0 aromatic rings. The minimum atomic E-state index is 0.758. The van der Waals surface area contributed by atoms with Gasteiger partial charge in [-0.25, -0.2) is 0 Å². The van der Waals surface area contributed by atoms with Crippen LogP contribution in [0.3, 0.4) is 0 Å². The Balaban J connectivity index is 0. The van der Waals surface area contributed by atoms with Gasteiger partial charge in [0.2, 0.25) is 0 Å². The predicted molar refractivity (Wildman–Crippen MR) is 72.4 cm³/mol. The number of rotatable bonds is 7. The van der Waals surface area contributed by atoms with Crippen LogP contribution in [0.4, 0.5) is 0 Å². The zero-order chi connectivity index (χ0) is 12.3. The summed E-state index contributed by atoms with van der Waals surface area (Å²) in [6.07, 6.45) is 5.35. The highest BCUT2D eigenvalue weighted by molar-refractivity contribution is 4.64. The number of unbranched alkanes of at least 4 members (excludes halogenated alkanes) is 1. The molecule has 0 aliphatic carbocycles. The summed E-state index contributed by atoms with van der Waals surface area (Å²) in [5.74, 6) is 0.849. The molecule has 1 nitrogen and oxygen atoms in total. The molecule has 1 atom stereocenters. The topological polar surface area (TPSA) is 3.24 Å². The highest BCUT2D eigenvalue weighted by Crippen LogP contribution is 2.10. The van der Waals surface area contributed by atoms with Crippen LogP contribution in [0, 0.1) is 5.92 Å². The van der Waals surface area contributed by atoms with Crippen LogP contribution in [-0.2, 0) is 0 Å². The van der Waals surface area contributed by atoms with Crippen molar-refractivity contribution in [3.05, 3.63) is 0 Å². The molecule has 0 bridgehead atoms. The first-order valence-electron chi connectivity index (χ1n) is 6.78. The number of hydrogen-bond acceptors (Lipinski definition) is 1. The third kappa shape index (κ3) is 11.9. The van der Waals surface area contributed by atoms with Crippen molar-refractivity contribution >= 4 is 0 Å². The van der Waals surface area contributed by atoms with Crippen LogP contribution >= 0.6 is 0 Å². The summed E-state index contributed by atoms with van der Waals surface area (Å²) in [6, 6.07) is 0.758. The molecule has 94 valence electrons. The first kappa shape index (κ1) is 17.4. The second-order valence-corrected chi connectivity index (χ2v) is 4.65. The second-order valence-electron chi connectivity index (χ2n) is 4.65. The minimum absolute atomic E-state index is 0.758. The van der Waals surface area contributed by atoms with E-state index >= 15 is 0 Å². The lowest BCUT2D eigenvalue weighted by molar-refractivity contribution is 0.233. The van der Waals surface area contributed by atoms with Gasteiger partial charge in [0, 0.05) is 6.04 Å². The molecule has 0 aromatic carbocycles. The van der Waals surface area contributed by atoms with Crippen LogP contribution in [0.25, 0.3) is 0 Å². The fraction of sp³-hybridized carbons (Fsp3) is 1.00. The van der Waals surface area contributed by atoms with Crippen molar-refractivity contribution in [1.82, 2.24) is 4.90 Å². The molecule has 0 N–H and O–H groups in total. The van der Waals surface area contributed by atoms with E-state index in [2.05, 4.69) is 39.6 Å². The lowest BCUT2D eigenvalue weighted by Gasteiger charge is -2.25. The number of nitrogens with zero attached hydrogens (tertiary/aromatic N) is 1. The zero-order valence-electron chi connectivity index (χ0n) is 12.1. The first-order chi connectivity index (χ1) is 7.07. The van der Waals surface area contributed by atoms with Gasteiger partial charge in [-0.2, -0.15) is 0 Å². The molecule has 15 heavy (non-hydrogen) atoms. The van der Waals surface area contributed by atoms with Crippen molar-refractivity contribution in [3.8, 4) is 0 Å². The Kier molecular flexibility index (Phi) is 13.9. The maximum Gasteiger partial charge on any atom is 0.00639 e. The molecule has 0 saturated heterocycles. The van der Waals surface area contributed by atoms with E-state index < -0.39 is 0 Å². The van der Waals surface area contributed by atoms with E-state index in [4.69, 9.17) is 0 Å². The molecule has 1 unspecified atom stereocenters. The molecule has 0 aliphatic rings. The third-order valence-electron chi connectivity index (χ3n) is 2.78. The molecule has 0 fully saturated rings. The summed E-state index contributed by atoms with van der Waals surface area (Å²) in [7, 11) is 2.25. The fourth-order valence-electron chi connectivity index (χ4n) is 1.42. The van der Waals surface area contributed by atoms with Gasteiger partial charge in [0.1, 0.15) is 0 Å². The van der Waals surface area contributed by atoms with Crippen LogP contribution in [0.15, 0.2) is 0 Å². The monoisotopic (exact) mass is 215 g/mol. The van der Waals surface area contributed by atoms with E-state index in [9.17, 15) is 0 Å². The summed E-state index contributed by atoms with van der Waals surface area (Å²) in [4.78, 5) is 2.49. The van der Waals surface area contributed by atoms with Gasteiger partial charge < -0.3 is 4.90 Å². The Bertz CT molecular complexity index is 110. The minimum Gasteiger partial charge on any atom is -0.304 e. The van der Waals surface area contributed by atoms with Crippen LogP contribution < -0.4 is 0 Å². The lowest BCUT2D eigenvalue weighted by Crippen LogP contribution is -2.30. The van der Waals surface area contributed by atoms with Gasteiger partial charge in [-0.3, -0.25) is 0 Å². The lowest BCUT2D eigenvalue weighted by atomic mass is 10.0. The molecule has 1 heteroatoms. The second kappa shape index (κ2) is 12.0. The Labute approximate surface area is 98.2 Å². The van der Waals surface area contributed by atoms with E-state index in [1.165, 1.54) is 32.2 Å². The maximum absolute atomic E-state index is 2.49. The van der Waals surface area contributed by atoms with Gasteiger partial charge in [-0.15, -0.1) is 0 Å². The van der Waals surface area contributed by atoms with Crippen molar-refractivity contribution in [3.63, 3.8) is 0 Å². The normalized spacial score (nSPS) is 12.6. The Morgan fingerprint density at radius 2 is 1.53 bits per heavy atom. The molecule has 0 aliphatic heterocycles. The van der Waals surface area contributed by atoms with Crippen molar-refractivity contribution in [2.24, 2.45) is 5.92 Å².